The van der Waals surface area contributed by atoms with Crippen molar-refractivity contribution < 1.29 is 18.4 Å². The van der Waals surface area contributed by atoms with E-state index in [4.69, 9.17) is 0 Å². The van der Waals surface area contributed by atoms with Crippen LogP contribution >= 0.6 is 0 Å². The summed E-state index contributed by atoms with van der Waals surface area (Å²) in [5, 5.41) is 19.6. The van der Waals surface area contributed by atoms with E-state index in [9.17, 15) is 23.6 Å². The van der Waals surface area contributed by atoms with E-state index in [0.29, 0.717) is 5.56 Å². The Bertz CT molecular complexity index is 523. The molecule has 0 bridgehead atoms. The summed E-state index contributed by atoms with van der Waals surface area (Å²) in [4.78, 5) is 9.93. The molecule has 0 radical (unpaired) electrons. The van der Waals surface area contributed by atoms with Crippen molar-refractivity contribution in [2.24, 2.45) is 0 Å². The third-order valence-electron chi connectivity index (χ3n) is 2.75. The highest BCUT2D eigenvalue weighted by Crippen LogP contribution is 2.25. The number of aliphatic hydroxyl groups is 1. The lowest BCUT2D eigenvalue weighted by Gasteiger charge is -2.20. The molecule has 0 aliphatic rings. The lowest BCUT2D eigenvalue weighted by Crippen LogP contribution is -2.26. The summed E-state index contributed by atoms with van der Waals surface area (Å²) in [5.41, 5.74) is 0.260. The van der Waals surface area contributed by atoms with Crippen molar-refractivity contribution >= 4 is 15.5 Å². The van der Waals surface area contributed by atoms with E-state index in [1.165, 1.54) is 24.3 Å². The van der Waals surface area contributed by atoms with Gasteiger partial charge in [0.1, 0.15) is 0 Å². The number of benzene rings is 1. The Morgan fingerprint density at radius 1 is 1.33 bits per heavy atom. The lowest BCUT2D eigenvalue weighted by molar-refractivity contribution is -0.384. The number of hydrogen-bond acceptors (Lipinski definition) is 5. The molecular weight excluding hydrogens is 258 g/mol. The molecule has 100 valence electrons. The van der Waals surface area contributed by atoms with Crippen LogP contribution in [0.2, 0.25) is 0 Å². The average molecular weight is 273 g/mol. The minimum Gasteiger partial charge on any atom is -0.387 e. The van der Waals surface area contributed by atoms with Gasteiger partial charge in [-0.15, -0.1) is 0 Å². The molecule has 6 nitrogen and oxygen atoms in total. The summed E-state index contributed by atoms with van der Waals surface area (Å²) in [7, 11) is -3.37. The van der Waals surface area contributed by atoms with Gasteiger partial charge in [-0.3, -0.25) is 10.1 Å². The number of sulfone groups is 1. The molecule has 0 aliphatic carbocycles. The first kappa shape index (κ1) is 14.6. The molecule has 1 aromatic rings. The summed E-state index contributed by atoms with van der Waals surface area (Å²) < 4.78 is 23.0. The molecule has 0 fully saturated rings. The predicted octanol–water partition coefficient (Wildman–Crippen LogP) is 1.45. The number of nitrogens with zero attached hydrogens (tertiary/aromatic N) is 1. The van der Waals surface area contributed by atoms with Gasteiger partial charge in [-0.25, -0.2) is 8.42 Å². The van der Waals surface area contributed by atoms with Crippen LogP contribution in [0, 0.1) is 10.1 Å². The molecule has 0 aromatic heterocycles. The average Bonchev–Trinajstić information content (AvgIpc) is 2.28. The van der Waals surface area contributed by atoms with Crippen LogP contribution in [0.4, 0.5) is 5.69 Å². The van der Waals surface area contributed by atoms with Crippen LogP contribution < -0.4 is 0 Å². The molecular formula is C11H15NO5S. The van der Waals surface area contributed by atoms with E-state index < -0.39 is 26.1 Å². The zero-order valence-electron chi connectivity index (χ0n) is 10.1. The fourth-order valence-corrected chi connectivity index (χ4v) is 3.00. The van der Waals surface area contributed by atoms with Crippen molar-refractivity contribution in [3.8, 4) is 0 Å². The van der Waals surface area contributed by atoms with E-state index in [1.54, 1.807) is 6.92 Å². The Kier molecular flexibility index (Phi) is 4.42. The molecule has 0 saturated heterocycles. The van der Waals surface area contributed by atoms with Gasteiger partial charge in [-0.05, 0) is 24.1 Å². The van der Waals surface area contributed by atoms with Crippen LogP contribution in [-0.2, 0) is 9.84 Å². The monoisotopic (exact) mass is 273 g/mol. The summed E-state index contributed by atoms with van der Waals surface area (Å²) in [6.07, 6.45) is 0.165. The minimum absolute atomic E-state index is 0.0987. The highest BCUT2D eigenvalue weighted by atomic mass is 32.2. The molecule has 7 heteroatoms. The van der Waals surface area contributed by atoms with Gasteiger partial charge < -0.3 is 5.11 Å². The molecule has 1 N–H and O–H groups in total. The van der Waals surface area contributed by atoms with E-state index in [0.717, 1.165) is 6.26 Å². The zero-order chi connectivity index (χ0) is 13.9. The Labute approximate surface area is 105 Å². The molecule has 1 rings (SSSR count). The van der Waals surface area contributed by atoms with Crippen molar-refractivity contribution in [1.82, 2.24) is 0 Å². The van der Waals surface area contributed by atoms with Crippen LogP contribution in [0.3, 0.4) is 0 Å². The van der Waals surface area contributed by atoms with Crippen LogP contribution in [0.15, 0.2) is 24.3 Å². The SMILES string of the molecule is CC[C@@H]([C@@H](O)c1ccc([N+](=O)[O-])cc1)S(C)(=O)=O. The van der Waals surface area contributed by atoms with E-state index in [-0.39, 0.29) is 12.1 Å². The molecule has 0 saturated carbocycles. The summed E-state index contributed by atoms with van der Waals surface area (Å²) in [6, 6.07) is 5.23. The van der Waals surface area contributed by atoms with E-state index in [1.807, 2.05) is 0 Å². The predicted molar refractivity (Wildman–Crippen MR) is 67.0 cm³/mol. The molecule has 0 unspecified atom stereocenters. The molecule has 0 spiro atoms. The zero-order valence-corrected chi connectivity index (χ0v) is 10.9. The maximum Gasteiger partial charge on any atom is 0.269 e. The molecule has 0 aliphatic heterocycles. The summed E-state index contributed by atoms with van der Waals surface area (Å²) in [5.74, 6) is 0. The lowest BCUT2D eigenvalue weighted by atomic mass is 10.0. The van der Waals surface area contributed by atoms with Gasteiger partial charge in [0.25, 0.3) is 5.69 Å². The van der Waals surface area contributed by atoms with Gasteiger partial charge in [-0.1, -0.05) is 6.92 Å². The van der Waals surface area contributed by atoms with Gasteiger partial charge in [0.05, 0.1) is 16.3 Å². The number of hydrogen-bond donors (Lipinski definition) is 1. The van der Waals surface area contributed by atoms with Crippen LogP contribution in [0.5, 0.6) is 0 Å². The van der Waals surface area contributed by atoms with Crippen molar-refractivity contribution in [3.05, 3.63) is 39.9 Å². The third kappa shape index (κ3) is 3.27. The summed E-state index contributed by atoms with van der Waals surface area (Å²) in [6.45, 7) is 1.67. The second-order valence-electron chi connectivity index (χ2n) is 4.07. The first-order valence-electron chi connectivity index (χ1n) is 5.38. The van der Waals surface area contributed by atoms with E-state index >= 15 is 0 Å². The van der Waals surface area contributed by atoms with Crippen molar-refractivity contribution in [2.75, 3.05) is 6.26 Å². The smallest absolute Gasteiger partial charge is 0.269 e. The highest BCUT2D eigenvalue weighted by Gasteiger charge is 2.28. The fraction of sp³-hybridized carbons (Fsp3) is 0.455. The van der Waals surface area contributed by atoms with Crippen LogP contribution in [0.25, 0.3) is 0 Å². The quantitative estimate of drug-likeness (QED) is 0.646. The van der Waals surface area contributed by atoms with Crippen LogP contribution in [-0.4, -0.2) is 30.0 Å². The van der Waals surface area contributed by atoms with Gasteiger partial charge in [0.15, 0.2) is 9.84 Å². The molecule has 1 aromatic carbocycles. The molecule has 2 atom stereocenters. The maximum atomic E-state index is 11.5. The molecule has 0 heterocycles. The van der Waals surface area contributed by atoms with Gasteiger partial charge in [0, 0.05) is 18.4 Å². The number of nitro benzene ring substituents is 1. The normalized spacial score (nSPS) is 15.1. The second-order valence-corrected chi connectivity index (χ2v) is 6.33. The highest BCUT2D eigenvalue weighted by molar-refractivity contribution is 7.91. The standard InChI is InChI=1S/C11H15NO5S/c1-3-10(18(2,16)17)11(13)8-4-6-9(7-5-8)12(14)15/h4-7,10-11,13H,3H2,1-2H3/t10-,11-/m0/s1. The fourth-order valence-electron chi connectivity index (χ4n) is 1.77. The van der Waals surface area contributed by atoms with Gasteiger partial charge in [0.2, 0.25) is 0 Å². The second kappa shape index (κ2) is 5.45. The molecule has 0 amide bonds. The van der Waals surface area contributed by atoms with Crippen molar-refractivity contribution in [2.45, 2.75) is 24.7 Å². The largest absolute Gasteiger partial charge is 0.387 e. The number of aliphatic hydroxyl groups excluding tert-OH is 1. The topological polar surface area (TPSA) is 97.5 Å². The Hall–Kier alpha value is -1.47. The van der Waals surface area contributed by atoms with Crippen molar-refractivity contribution in [1.29, 1.82) is 0 Å². The Morgan fingerprint density at radius 3 is 2.17 bits per heavy atom. The number of non-ortho nitro benzene ring substituents is 1. The first-order chi connectivity index (χ1) is 8.27. The van der Waals surface area contributed by atoms with Gasteiger partial charge in [-0.2, -0.15) is 0 Å². The maximum absolute atomic E-state index is 11.5. The van der Waals surface area contributed by atoms with Gasteiger partial charge >= 0.3 is 0 Å². The molecule has 18 heavy (non-hydrogen) atoms. The summed E-state index contributed by atoms with van der Waals surface area (Å²) >= 11 is 0. The Morgan fingerprint density at radius 2 is 1.83 bits per heavy atom. The van der Waals surface area contributed by atoms with Crippen LogP contribution in [0.1, 0.15) is 25.0 Å². The van der Waals surface area contributed by atoms with E-state index in [2.05, 4.69) is 0 Å². The van der Waals surface area contributed by atoms with Crippen molar-refractivity contribution in [3.63, 3.8) is 0 Å². The third-order valence-corrected chi connectivity index (χ3v) is 4.44. The first-order valence-corrected chi connectivity index (χ1v) is 7.34. The number of rotatable bonds is 5. The number of nitro groups is 1. The Balaban J connectivity index is 3.03. The minimum atomic E-state index is -3.37.